The van der Waals surface area contributed by atoms with Crippen molar-refractivity contribution >= 4 is 35.0 Å². The number of benzene rings is 2. The first-order valence-corrected chi connectivity index (χ1v) is 8.06. The van der Waals surface area contributed by atoms with E-state index in [-0.39, 0.29) is 0 Å². The predicted octanol–water partition coefficient (Wildman–Crippen LogP) is 5.23. The molecule has 0 aliphatic heterocycles. The van der Waals surface area contributed by atoms with Crippen molar-refractivity contribution < 1.29 is 4.74 Å². The second kappa shape index (κ2) is 7.23. The van der Waals surface area contributed by atoms with Crippen molar-refractivity contribution in [3.63, 3.8) is 0 Å². The number of halogens is 2. The van der Waals surface area contributed by atoms with Crippen molar-refractivity contribution in [1.82, 2.24) is 5.32 Å². The van der Waals surface area contributed by atoms with E-state index in [1.165, 1.54) is 4.90 Å². The summed E-state index contributed by atoms with van der Waals surface area (Å²) in [6.07, 6.45) is 2.05. The van der Waals surface area contributed by atoms with Crippen molar-refractivity contribution in [2.75, 3.05) is 13.3 Å². The standard InChI is InChI=1S/C15H15Cl2NOS/c1-18-9-10-7-12(20-2)4-6-15(10)19-11-3-5-13(16)14(17)8-11/h3-8,18H,9H2,1-2H3. The van der Waals surface area contributed by atoms with E-state index in [9.17, 15) is 0 Å². The summed E-state index contributed by atoms with van der Waals surface area (Å²) in [5.41, 5.74) is 1.10. The topological polar surface area (TPSA) is 21.3 Å². The molecule has 0 fully saturated rings. The summed E-state index contributed by atoms with van der Waals surface area (Å²) in [6, 6.07) is 11.4. The Bertz CT molecular complexity index is 604. The van der Waals surface area contributed by atoms with Gasteiger partial charge in [0.15, 0.2) is 0 Å². The summed E-state index contributed by atoms with van der Waals surface area (Å²) in [5.74, 6) is 1.49. The van der Waals surface area contributed by atoms with Crippen LogP contribution in [0.1, 0.15) is 5.56 Å². The van der Waals surface area contributed by atoms with E-state index in [0.29, 0.717) is 15.8 Å². The Morgan fingerprint density at radius 1 is 1.10 bits per heavy atom. The molecule has 0 aliphatic carbocycles. The van der Waals surface area contributed by atoms with Gasteiger partial charge in [0.2, 0.25) is 0 Å². The van der Waals surface area contributed by atoms with Crippen LogP contribution in [0.4, 0.5) is 0 Å². The highest BCUT2D eigenvalue weighted by Gasteiger charge is 2.07. The zero-order valence-corrected chi connectivity index (χ0v) is 13.6. The second-order valence-electron chi connectivity index (χ2n) is 4.18. The fourth-order valence-corrected chi connectivity index (χ4v) is 2.53. The molecule has 0 bridgehead atoms. The molecule has 5 heteroatoms. The van der Waals surface area contributed by atoms with E-state index in [4.69, 9.17) is 27.9 Å². The van der Waals surface area contributed by atoms with Crippen LogP contribution >= 0.6 is 35.0 Å². The molecular weight excluding hydrogens is 313 g/mol. The van der Waals surface area contributed by atoms with Crippen molar-refractivity contribution in [1.29, 1.82) is 0 Å². The van der Waals surface area contributed by atoms with Crippen LogP contribution in [0.15, 0.2) is 41.3 Å². The molecule has 0 atom stereocenters. The molecule has 0 unspecified atom stereocenters. The number of nitrogens with one attached hydrogen (secondary N) is 1. The Morgan fingerprint density at radius 3 is 2.55 bits per heavy atom. The van der Waals surface area contributed by atoms with Crippen LogP contribution in [0, 0.1) is 0 Å². The van der Waals surface area contributed by atoms with Crippen LogP contribution in [0.3, 0.4) is 0 Å². The van der Waals surface area contributed by atoms with E-state index >= 15 is 0 Å². The predicted molar refractivity (Wildman–Crippen MR) is 87.5 cm³/mol. The summed E-state index contributed by atoms with van der Waals surface area (Å²) < 4.78 is 5.91. The average Bonchev–Trinajstić information content (AvgIpc) is 2.45. The highest BCUT2D eigenvalue weighted by molar-refractivity contribution is 7.98. The quantitative estimate of drug-likeness (QED) is 0.760. The van der Waals surface area contributed by atoms with Gasteiger partial charge in [0.25, 0.3) is 0 Å². The van der Waals surface area contributed by atoms with Crippen LogP contribution in [-0.2, 0) is 6.54 Å². The molecule has 2 rings (SSSR count). The van der Waals surface area contributed by atoms with Crippen LogP contribution < -0.4 is 10.1 Å². The molecule has 20 heavy (non-hydrogen) atoms. The lowest BCUT2D eigenvalue weighted by Gasteiger charge is -2.12. The maximum absolute atomic E-state index is 6.00. The van der Waals surface area contributed by atoms with E-state index in [2.05, 4.69) is 17.6 Å². The maximum atomic E-state index is 6.00. The first-order valence-electron chi connectivity index (χ1n) is 6.08. The largest absolute Gasteiger partial charge is 0.457 e. The van der Waals surface area contributed by atoms with Gasteiger partial charge in [-0.1, -0.05) is 23.2 Å². The zero-order valence-electron chi connectivity index (χ0n) is 11.2. The molecule has 0 saturated heterocycles. The third-order valence-electron chi connectivity index (χ3n) is 2.75. The molecule has 1 N–H and O–H groups in total. The lowest BCUT2D eigenvalue weighted by atomic mass is 10.2. The Morgan fingerprint density at radius 2 is 1.90 bits per heavy atom. The third-order valence-corrected chi connectivity index (χ3v) is 4.22. The summed E-state index contributed by atoms with van der Waals surface area (Å²) in [7, 11) is 1.91. The van der Waals surface area contributed by atoms with Gasteiger partial charge in [-0.2, -0.15) is 0 Å². The smallest absolute Gasteiger partial charge is 0.131 e. The summed E-state index contributed by atoms with van der Waals surface area (Å²) >= 11 is 13.6. The molecule has 106 valence electrons. The van der Waals surface area contributed by atoms with Crippen molar-refractivity contribution in [3.8, 4) is 11.5 Å². The lowest BCUT2D eigenvalue weighted by molar-refractivity contribution is 0.474. The third kappa shape index (κ3) is 3.83. The van der Waals surface area contributed by atoms with Crippen LogP contribution in [0.2, 0.25) is 10.0 Å². The highest BCUT2D eigenvalue weighted by Crippen LogP contribution is 2.32. The zero-order chi connectivity index (χ0) is 14.5. The van der Waals surface area contributed by atoms with E-state index in [1.54, 1.807) is 30.0 Å². The molecule has 0 heterocycles. The fourth-order valence-electron chi connectivity index (χ4n) is 1.78. The summed E-state index contributed by atoms with van der Waals surface area (Å²) in [6.45, 7) is 0.741. The molecule has 0 amide bonds. The Labute approximate surface area is 133 Å². The molecule has 0 aliphatic rings. The van der Waals surface area contributed by atoms with Gasteiger partial charge < -0.3 is 10.1 Å². The van der Waals surface area contributed by atoms with Gasteiger partial charge in [-0.05, 0) is 43.6 Å². The number of rotatable bonds is 5. The maximum Gasteiger partial charge on any atom is 0.131 e. The molecule has 2 aromatic rings. The average molecular weight is 328 g/mol. The molecule has 0 aromatic heterocycles. The summed E-state index contributed by atoms with van der Waals surface area (Å²) in [5, 5.41) is 4.15. The van der Waals surface area contributed by atoms with Crippen LogP contribution in [0.5, 0.6) is 11.5 Å². The first-order chi connectivity index (χ1) is 9.63. The second-order valence-corrected chi connectivity index (χ2v) is 5.88. The van der Waals surface area contributed by atoms with E-state index in [0.717, 1.165) is 17.9 Å². The number of hydrogen-bond acceptors (Lipinski definition) is 3. The van der Waals surface area contributed by atoms with Crippen molar-refractivity contribution in [2.24, 2.45) is 0 Å². The van der Waals surface area contributed by atoms with E-state index < -0.39 is 0 Å². The molecule has 0 radical (unpaired) electrons. The molecule has 0 saturated carbocycles. The van der Waals surface area contributed by atoms with Gasteiger partial charge in [0.1, 0.15) is 11.5 Å². The summed E-state index contributed by atoms with van der Waals surface area (Å²) in [4.78, 5) is 1.21. The van der Waals surface area contributed by atoms with E-state index in [1.807, 2.05) is 19.2 Å². The van der Waals surface area contributed by atoms with Gasteiger partial charge in [0.05, 0.1) is 10.0 Å². The van der Waals surface area contributed by atoms with Gasteiger partial charge in [-0.15, -0.1) is 11.8 Å². The van der Waals surface area contributed by atoms with Gasteiger partial charge in [-0.3, -0.25) is 0 Å². The Hall–Kier alpha value is -0.870. The lowest BCUT2D eigenvalue weighted by Crippen LogP contribution is -2.06. The highest BCUT2D eigenvalue weighted by atomic mass is 35.5. The number of ether oxygens (including phenoxy) is 1. The molecule has 2 aromatic carbocycles. The van der Waals surface area contributed by atoms with Gasteiger partial charge >= 0.3 is 0 Å². The monoisotopic (exact) mass is 327 g/mol. The minimum Gasteiger partial charge on any atom is -0.457 e. The minimum atomic E-state index is 0.486. The molecular formula is C15H15Cl2NOS. The molecule has 2 nitrogen and oxygen atoms in total. The Balaban J connectivity index is 2.29. The first kappa shape index (κ1) is 15.5. The van der Waals surface area contributed by atoms with Crippen molar-refractivity contribution in [3.05, 3.63) is 52.0 Å². The fraction of sp³-hybridized carbons (Fsp3) is 0.200. The SMILES string of the molecule is CNCc1cc(SC)ccc1Oc1ccc(Cl)c(Cl)c1. The Kier molecular flexibility index (Phi) is 5.61. The number of thioether (sulfide) groups is 1. The molecule has 0 spiro atoms. The normalized spacial score (nSPS) is 10.6. The van der Waals surface area contributed by atoms with Crippen LogP contribution in [0.25, 0.3) is 0 Å². The minimum absolute atomic E-state index is 0.486. The van der Waals surface area contributed by atoms with Crippen molar-refractivity contribution in [2.45, 2.75) is 11.4 Å². The van der Waals surface area contributed by atoms with Gasteiger partial charge in [0, 0.05) is 23.1 Å². The van der Waals surface area contributed by atoms with Crippen LogP contribution in [-0.4, -0.2) is 13.3 Å². The van der Waals surface area contributed by atoms with Gasteiger partial charge in [-0.25, -0.2) is 0 Å². The number of hydrogen-bond donors (Lipinski definition) is 1.